The van der Waals surface area contributed by atoms with Gasteiger partial charge in [0.05, 0.1) is 5.69 Å². The van der Waals surface area contributed by atoms with E-state index in [9.17, 15) is 14.4 Å². The Bertz CT molecular complexity index is 660. The van der Waals surface area contributed by atoms with Gasteiger partial charge in [0.25, 0.3) is 5.91 Å². The van der Waals surface area contributed by atoms with E-state index in [2.05, 4.69) is 10.3 Å². The summed E-state index contributed by atoms with van der Waals surface area (Å²) in [6.07, 6.45) is 1.61. The topological polar surface area (TPSA) is 88.3 Å². The number of hydrogen-bond donors (Lipinski definition) is 2. The van der Waals surface area contributed by atoms with Crippen LogP contribution in [0.5, 0.6) is 0 Å². The molecule has 0 atom stereocenters. The maximum Gasteiger partial charge on any atom is 0.325 e. The summed E-state index contributed by atoms with van der Waals surface area (Å²) in [6, 6.07) is 10.2. The van der Waals surface area contributed by atoms with Crippen LogP contribution in [0.3, 0.4) is 0 Å². The lowest BCUT2D eigenvalue weighted by molar-refractivity contribution is -0.141. The van der Waals surface area contributed by atoms with Gasteiger partial charge in [0, 0.05) is 11.8 Å². The molecule has 0 unspecified atom stereocenters. The van der Waals surface area contributed by atoms with Crippen molar-refractivity contribution in [3.63, 3.8) is 0 Å². The molecule has 22 heavy (non-hydrogen) atoms. The van der Waals surface area contributed by atoms with Crippen LogP contribution in [0, 0.1) is 6.92 Å². The van der Waals surface area contributed by atoms with E-state index in [1.54, 1.807) is 30.5 Å². The lowest BCUT2D eigenvalue weighted by atomic mass is 10.1. The molecule has 0 aliphatic carbocycles. The molecule has 1 heterocycles. The summed E-state index contributed by atoms with van der Waals surface area (Å²) >= 11 is 0. The number of rotatable bonds is 6. The zero-order valence-electron chi connectivity index (χ0n) is 12.1. The molecule has 0 fully saturated rings. The maximum absolute atomic E-state index is 11.8. The second kappa shape index (κ2) is 7.21. The Morgan fingerprint density at radius 1 is 1.14 bits per heavy atom. The Morgan fingerprint density at radius 3 is 2.50 bits per heavy atom. The molecule has 6 heteroatoms. The van der Waals surface area contributed by atoms with Gasteiger partial charge in [-0.25, -0.2) is 0 Å². The summed E-state index contributed by atoms with van der Waals surface area (Å²) in [5.41, 5.74) is 1.87. The molecule has 2 rings (SSSR count). The minimum atomic E-state index is -0.666. The fourth-order valence-corrected chi connectivity index (χ4v) is 1.74. The summed E-state index contributed by atoms with van der Waals surface area (Å²) in [7, 11) is 0. The number of aromatic nitrogens is 1. The first-order chi connectivity index (χ1) is 10.6. The molecule has 2 N–H and O–H groups in total. The number of esters is 1. The fourth-order valence-electron chi connectivity index (χ4n) is 1.74. The van der Waals surface area contributed by atoms with E-state index in [1.807, 2.05) is 19.1 Å². The van der Waals surface area contributed by atoms with Crippen LogP contribution in [-0.2, 0) is 9.53 Å². The second-order valence-corrected chi connectivity index (χ2v) is 4.72. The number of H-pyrrole nitrogens is 1. The van der Waals surface area contributed by atoms with Gasteiger partial charge >= 0.3 is 5.97 Å². The average molecular weight is 300 g/mol. The van der Waals surface area contributed by atoms with Crippen LogP contribution in [-0.4, -0.2) is 35.8 Å². The highest BCUT2D eigenvalue weighted by Gasteiger charge is 2.12. The summed E-state index contributed by atoms with van der Waals surface area (Å²) in [6.45, 7) is 1.27. The highest BCUT2D eigenvalue weighted by molar-refractivity contribution is 5.97. The van der Waals surface area contributed by atoms with E-state index in [1.165, 1.54) is 0 Å². The monoisotopic (exact) mass is 300 g/mol. The van der Waals surface area contributed by atoms with Crippen molar-refractivity contribution in [1.29, 1.82) is 0 Å². The zero-order chi connectivity index (χ0) is 15.9. The van der Waals surface area contributed by atoms with Gasteiger partial charge in [-0.15, -0.1) is 0 Å². The summed E-state index contributed by atoms with van der Waals surface area (Å²) < 4.78 is 4.81. The molecule has 0 aliphatic heterocycles. The number of nitrogens with one attached hydrogen (secondary N) is 2. The Kier molecular flexibility index (Phi) is 5.08. The molecule has 0 aliphatic rings. The first kappa shape index (κ1) is 15.5. The number of carbonyl (C=O) groups is 3. The van der Waals surface area contributed by atoms with E-state index in [0.717, 1.165) is 5.56 Å². The van der Waals surface area contributed by atoms with Gasteiger partial charge in [-0.2, -0.15) is 0 Å². The first-order valence-electron chi connectivity index (χ1n) is 6.73. The Labute approximate surface area is 127 Å². The molecule has 0 radical (unpaired) electrons. The van der Waals surface area contributed by atoms with E-state index < -0.39 is 5.97 Å². The van der Waals surface area contributed by atoms with Crippen LogP contribution in [0.4, 0.5) is 0 Å². The van der Waals surface area contributed by atoms with Crippen molar-refractivity contribution in [2.75, 3.05) is 13.2 Å². The molecule has 6 nitrogen and oxygen atoms in total. The van der Waals surface area contributed by atoms with Gasteiger partial charge < -0.3 is 15.0 Å². The SMILES string of the molecule is Cc1ccc(C(=O)NCC(=O)OCC(=O)c2ccc[nH]2)cc1. The van der Waals surface area contributed by atoms with Crippen LogP contribution in [0.25, 0.3) is 0 Å². The first-order valence-corrected chi connectivity index (χ1v) is 6.73. The molecule has 0 saturated carbocycles. The fraction of sp³-hybridized carbons (Fsp3) is 0.188. The number of Topliss-reactive ketones (excluding diaryl/α,β-unsaturated/α-hetero) is 1. The quantitative estimate of drug-likeness (QED) is 0.625. The molecule has 0 bridgehead atoms. The third kappa shape index (κ3) is 4.31. The lowest BCUT2D eigenvalue weighted by Crippen LogP contribution is -2.31. The lowest BCUT2D eigenvalue weighted by Gasteiger charge is -2.06. The molecular formula is C16H16N2O4. The van der Waals surface area contributed by atoms with Crippen LogP contribution >= 0.6 is 0 Å². The predicted molar refractivity (Wildman–Crippen MR) is 79.6 cm³/mol. The highest BCUT2D eigenvalue weighted by atomic mass is 16.5. The van der Waals surface area contributed by atoms with E-state index in [-0.39, 0.29) is 24.8 Å². The molecular weight excluding hydrogens is 284 g/mol. The number of hydrogen-bond acceptors (Lipinski definition) is 4. The molecule has 1 aromatic carbocycles. The van der Waals surface area contributed by atoms with E-state index in [4.69, 9.17) is 4.74 Å². The highest BCUT2D eigenvalue weighted by Crippen LogP contribution is 2.02. The van der Waals surface area contributed by atoms with Crippen LogP contribution in [0.15, 0.2) is 42.6 Å². The van der Waals surface area contributed by atoms with Crippen molar-refractivity contribution in [2.24, 2.45) is 0 Å². The normalized spacial score (nSPS) is 10.0. The number of benzene rings is 1. The Morgan fingerprint density at radius 2 is 1.86 bits per heavy atom. The van der Waals surface area contributed by atoms with Gasteiger partial charge in [0.1, 0.15) is 6.54 Å². The van der Waals surface area contributed by atoms with Gasteiger partial charge in [-0.3, -0.25) is 14.4 Å². The van der Waals surface area contributed by atoms with Crippen LogP contribution in [0.1, 0.15) is 26.4 Å². The minimum absolute atomic E-state index is 0.287. The maximum atomic E-state index is 11.8. The van der Waals surface area contributed by atoms with Crippen molar-refractivity contribution in [2.45, 2.75) is 6.92 Å². The largest absolute Gasteiger partial charge is 0.456 e. The number of aryl methyl sites for hydroxylation is 1. The van der Waals surface area contributed by atoms with Gasteiger partial charge in [-0.1, -0.05) is 17.7 Å². The third-order valence-electron chi connectivity index (χ3n) is 2.97. The number of ketones is 1. The summed E-state index contributed by atoms with van der Waals surface area (Å²) in [5.74, 6) is -1.36. The van der Waals surface area contributed by atoms with Gasteiger partial charge in [-0.05, 0) is 31.2 Å². The van der Waals surface area contributed by atoms with Crippen molar-refractivity contribution < 1.29 is 19.1 Å². The Hall–Kier alpha value is -2.89. The van der Waals surface area contributed by atoms with Crippen molar-refractivity contribution in [1.82, 2.24) is 10.3 Å². The number of ether oxygens (including phenoxy) is 1. The third-order valence-corrected chi connectivity index (χ3v) is 2.97. The Balaban J connectivity index is 1.74. The molecule has 2 aromatic rings. The van der Waals surface area contributed by atoms with Gasteiger partial charge in [0.15, 0.2) is 6.61 Å². The molecule has 0 spiro atoms. The second-order valence-electron chi connectivity index (χ2n) is 4.72. The molecule has 1 amide bonds. The van der Waals surface area contributed by atoms with Crippen molar-refractivity contribution in [3.05, 3.63) is 59.4 Å². The van der Waals surface area contributed by atoms with Gasteiger partial charge in [0.2, 0.25) is 5.78 Å². The average Bonchev–Trinajstić information content (AvgIpc) is 3.05. The summed E-state index contributed by atoms with van der Waals surface area (Å²) in [5, 5.41) is 2.44. The smallest absolute Gasteiger partial charge is 0.325 e. The molecule has 0 saturated heterocycles. The number of aromatic amines is 1. The number of carbonyl (C=O) groups excluding carboxylic acids is 3. The molecule has 114 valence electrons. The summed E-state index contributed by atoms with van der Waals surface area (Å²) in [4.78, 5) is 37.6. The number of amides is 1. The van der Waals surface area contributed by atoms with Crippen LogP contribution in [0.2, 0.25) is 0 Å². The standard InChI is InChI=1S/C16H16N2O4/c1-11-4-6-12(7-5-11)16(21)18-9-15(20)22-10-14(19)13-3-2-8-17-13/h2-8,17H,9-10H2,1H3,(H,18,21). The minimum Gasteiger partial charge on any atom is -0.456 e. The van der Waals surface area contributed by atoms with E-state index >= 15 is 0 Å². The van der Waals surface area contributed by atoms with Crippen molar-refractivity contribution in [3.8, 4) is 0 Å². The predicted octanol–water partition coefficient (Wildman–Crippen LogP) is 1.48. The van der Waals surface area contributed by atoms with E-state index in [0.29, 0.717) is 11.3 Å². The zero-order valence-corrected chi connectivity index (χ0v) is 12.1. The van der Waals surface area contributed by atoms with Crippen LogP contribution < -0.4 is 5.32 Å². The van der Waals surface area contributed by atoms with Crippen molar-refractivity contribution >= 4 is 17.7 Å². The molecule has 1 aromatic heterocycles.